The molecule has 0 aliphatic rings. The molecule has 0 N–H and O–H groups in total. The van der Waals surface area contributed by atoms with Crippen LogP contribution in [-0.4, -0.2) is 29.8 Å². The molecule has 4 aromatic rings. The topological polar surface area (TPSA) is 79.8 Å². The SMILES string of the molecule is COCOC(=O)c1c(C)c(C)c(Oc2ncnc3c(C)c(OCc4ccccc4)c(F)c(C)c23)c(C)c1C. The summed E-state index contributed by atoms with van der Waals surface area (Å²) < 4.78 is 38.0. The van der Waals surface area contributed by atoms with Gasteiger partial charge in [0, 0.05) is 18.2 Å². The molecular formula is C30H31FN2O5. The summed E-state index contributed by atoms with van der Waals surface area (Å²) in [6, 6.07) is 9.58. The number of rotatable bonds is 8. The van der Waals surface area contributed by atoms with Gasteiger partial charge in [-0.25, -0.2) is 19.2 Å². The molecule has 8 heteroatoms. The van der Waals surface area contributed by atoms with Gasteiger partial charge in [-0.15, -0.1) is 0 Å². The van der Waals surface area contributed by atoms with Crippen molar-refractivity contribution < 1.29 is 28.1 Å². The highest BCUT2D eigenvalue weighted by Gasteiger charge is 2.25. The van der Waals surface area contributed by atoms with E-state index in [-0.39, 0.29) is 25.0 Å². The summed E-state index contributed by atoms with van der Waals surface area (Å²) in [4.78, 5) is 21.5. The third-order valence-corrected chi connectivity index (χ3v) is 6.90. The summed E-state index contributed by atoms with van der Waals surface area (Å²) in [5.41, 5.74) is 5.77. The molecule has 0 amide bonds. The summed E-state index contributed by atoms with van der Waals surface area (Å²) in [6.45, 7) is 10.9. The van der Waals surface area contributed by atoms with Crippen LogP contribution in [0.4, 0.5) is 4.39 Å². The molecule has 0 atom stereocenters. The fourth-order valence-corrected chi connectivity index (χ4v) is 4.54. The molecule has 0 aliphatic heterocycles. The van der Waals surface area contributed by atoms with Crippen molar-refractivity contribution >= 4 is 16.9 Å². The maximum absolute atomic E-state index is 15.6. The second-order valence-corrected chi connectivity index (χ2v) is 9.21. The Hall–Kier alpha value is -4.04. The minimum atomic E-state index is -0.484. The van der Waals surface area contributed by atoms with Gasteiger partial charge in [0.2, 0.25) is 5.88 Å². The van der Waals surface area contributed by atoms with Crippen LogP contribution in [0.3, 0.4) is 0 Å². The molecule has 0 aliphatic carbocycles. The van der Waals surface area contributed by atoms with Crippen molar-refractivity contribution in [3.05, 3.63) is 87.0 Å². The van der Waals surface area contributed by atoms with Crippen molar-refractivity contribution in [1.29, 1.82) is 0 Å². The van der Waals surface area contributed by atoms with Crippen LogP contribution in [0, 0.1) is 47.4 Å². The lowest BCUT2D eigenvalue weighted by Gasteiger charge is -2.21. The Morgan fingerprint density at radius 2 is 1.50 bits per heavy atom. The van der Waals surface area contributed by atoms with Gasteiger partial charge in [-0.3, -0.25) is 0 Å². The third kappa shape index (κ3) is 4.91. The van der Waals surface area contributed by atoms with Crippen LogP contribution in [0.2, 0.25) is 0 Å². The fourth-order valence-electron chi connectivity index (χ4n) is 4.54. The number of benzene rings is 3. The highest BCUT2D eigenvalue weighted by atomic mass is 19.1. The van der Waals surface area contributed by atoms with Crippen molar-refractivity contribution in [1.82, 2.24) is 9.97 Å². The van der Waals surface area contributed by atoms with E-state index >= 15 is 4.39 Å². The maximum Gasteiger partial charge on any atom is 0.340 e. The van der Waals surface area contributed by atoms with Gasteiger partial charge in [0.25, 0.3) is 0 Å². The van der Waals surface area contributed by atoms with Crippen LogP contribution in [-0.2, 0) is 16.1 Å². The number of halogens is 1. The monoisotopic (exact) mass is 518 g/mol. The Morgan fingerprint density at radius 3 is 2.13 bits per heavy atom. The molecule has 3 aromatic carbocycles. The average molecular weight is 519 g/mol. The fraction of sp³-hybridized carbons (Fsp3) is 0.300. The van der Waals surface area contributed by atoms with Crippen LogP contribution < -0.4 is 9.47 Å². The number of ether oxygens (including phenoxy) is 4. The van der Waals surface area contributed by atoms with Gasteiger partial charge in [-0.05, 0) is 69.4 Å². The molecule has 0 spiro atoms. The molecule has 7 nitrogen and oxygen atoms in total. The van der Waals surface area contributed by atoms with Gasteiger partial charge in [0.15, 0.2) is 18.4 Å². The Bertz CT molecular complexity index is 1490. The lowest BCUT2D eigenvalue weighted by molar-refractivity contribution is -0.0126. The number of esters is 1. The molecule has 4 rings (SSSR count). The first-order valence-electron chi connectivity index (χ1n) is 12.2. The van der Waals surface area contributed by atoms with Crippen molar-refractivity contribution in [3.8, 4) is 17.4 Å². The maximum atomic E-state index is 15.6. The van der Waals surface area contributed by atoms with Gasteiger partial charge in [0.05, 0.1) is 16.5 Å². The summed E-state index contributed by atoms with van der Waals surface area (Å²) in [5, 5.41) is 0.465. The second kappa shape index (κ2) is 11.1. The van der Waals surface area contributed by atoms with Crippen LogP contribution >= 0.6 is 0 Å². The number of fused-ring (bicyclic) bond motifs is 1. The normalized spacial score (nSPS) is 11.1. The summed E-state index contributed by atoms with van der Waals surface area (Å²) in [5.74, 6) is -0.0262. The van der Waals surface area contributed by atoms with Crippen LogP contribution in [0.1, 0.15) is 49.3 Å². The first-order chi connectivity index (χ1) is 18.2. The van der Waals surface area contributed by atoms with Crippen molar-refractivity contribution in [2.24, 2.45) is 0 Å². The van der Waals surface area contributed by atoms with E-state index in [1.165, 1.54) is 13.4 Å². The smallest absolute Gasteiger partial charge is 0.340 e. The van der Waals surface area contributed by atoms with E-state index in [4.69, 9.17) is 18.9 Å². The summed E-state index contributed by atoms with van der Waals surface area (Å²) in [6.07, 6.45) is 1.39. The van der Waals surface area contributed by atoms with E-state index in [2.05, 4.69) is 9.97 Å². The van der Waals surface area contributed by atoms with Crippen LogP contribution in [0.15, 0.2) is 36.7 Å². The Balaban J connectivity index is 1.77. The van der Waals surface area contributed by atoms with E-state index in [9.17, 15) is 4.79 Å². The molecule has 0 fully saturated rings. The standard InChI is InChI=1S/C30H31FN2O5/c1-16-18(3)27(19(4)17(2)23(16)30(34)37-15-35-7)38-29-24-20(5)25(31)28(21(6)26(24)32-14-33-29)36-13-22-11-9-8-10-12-22/h8-12,14H,13,15H2,1-7H3. The predicted molar refractivity (Wildman–Crippen MR) is 142 cm³/mol. The highest BCUT2D eigenvalue weighted by molar-refractivity contribution is 5.94. The minimum Gasteiger partial charge on any atom is -0.485 e. The quantitative estimate of drug-likeness (QED) is 0.188. The minimum absolute atomic E-state index is 0.137. The van der Waals surface area contributed by atoms with Gasteiger partial charge in [-0.1, -0.05) is 30.3 Å². The number of carbonyl (C=O) groups excluding carboxylic acids is 1. The van der Waals surface area contributed by atoms with Crippen molar-refractivity contribution in [2.45, 2.75) is 48.1 Å². The highest BCUT2D eigenvalue weighted by Crippen LogP contribution is 2.41. The zero-order valence-corrected chi connectivity index (χ0v) is 22.7. The molecule has 0 radical (unpaired) electrons. The lowest BCUT2D eigenvalue weighted by Crippen LogP contribution is -2.13. The first kappa shape index (κ1) is 27.0. The zero-order chi connectivity index (χ0) is 27.6. The van der Waals surface area contributed by atoms with E-state index in [0.29, 0.717) is 33.3 Å². The van der Waals surface area contributed by atoms with E-state index < -0.39 is 11.8 Å². The number of hydrogen-bond donors (Lipinski definition) is 0. The molecule has 198 valence electrons. The van der Waals surface area contributed by atoms with E-state index in [1.54, 1.807) is 13.8 Å². The molecule has 1 aromatic heterocycles. The van der Waals surface area contributed by atoms with Crippen molar-refractivity contribution in [3.63, 3.8) is 0 Å². The lowest BCUT2D eigenvalue weighted by atomic mass is 9.93. The molecule has 38 heavy (non-hydrogen) atoms. The third-order valence-electron chi connectivity index (χ3n) is 6.90. The number of aryl methyl sites for hydroxylation is 2. The van der Waals surface area contributed by atoms with Gasteiger partial charge >= 0.3 is 5.97 Å². The number of nitrogens with zero attached hydrogens (tertiary/aromatic N) is 2. The van der Waals surface area contributed by atoms with Crippen LogP contribution in [0.5, 0.6) is 17.4 Å². The Kier molecular flexibility index (Phi) is 7.92. The predicted octanol–water partition coefficient (Wildman–Crippen LogP) is 6.75. The van der Waals surface area contributed by atoms with Crippen LogP contribution in [0.25, 0.3) is 10.9 Å². The number of hydrogen-bond acceptors (Lipinski definition) is 7. The Labute approximate surface area is 221 Å². The number of carbonyl (C=O) groups is 1. The summed E-state index contributed by atoms with van der Waals surface area (Å²) in [7, 11) is 1.46. The molecule has 0 saturated heterocycles. The molecule has 0 unspecified atom stereocenters. The van der Waals surface area contributed by atoms with Gasteiger partial charge < -0.3 is 18.9 Å². The first-order valence-corrected chi connectivity index (χ1v) is 12.2. The Morgan fingerprint density at radius 1 is 0.842 bits per heavy atom. The number of methoxy groups -OCH3 is 1. The van der Waals surface area contributed by atoms with Crippen molar-refractivity contribution in [2.75, 3.05) is 13.9 Å². The molecule has 0 saturated carbocycles. The van der Waals surface area contributed by atoms with E-state index in [0.717, 1.165) is 27.8 Å². The van der Waals surface area contributed by atoms with E-state index in [1.807, 2.05) is 58.0 Å². The largest absolute Gasteiger partial charge is 0.485 e. The van der Waals surface area contributed by atoms with Gasteiger partial charge in [0.1, 0.15) is 18.7 Å². The second-order valence-electron chi connectivity index (χ2n) is 9.21. The number of aromatic nitrogens is 2. The average Bonchev–Trinajstić information content (AvgIpc) is 2.92. The van der Waals surface area contributed by atoms with Gasteiger partial charge in [-0.2, -0.15) is 0 Å². The molecule has 1 heterocycles. The molecule has 0 bridgehead atoms. The molecular weight excluding hydrogens is 487 g/mol. The zero-order valence-electron chi connectivity index (χ0n) is 22.7. The summed E-state index contributed by atoms with van der Waals surface area (Å²) >= 11 is 0.